The highest BCUT2D eigenvalue weighted by molar-refractivity contribution is 14.1. The summed E-state index contributed by atoms with van der Waals surface area (Å²) in [6.07, 6.45) is 4.82. The van der Waals surface area contributed by atoms with Crippen molar-refractivity contribution in [3.63, 3.8) is 0 Å². The Morgan fingerprint density at radius 1 is 1.26 bits per heavy atom. The molecular formula is C23H22FIN4O2. The Bertz CT molecular complexity index is 1120. The third-order valence-electron chi connectivity index (χ3n) is 7.02. The van der Waals surface area contributed by atoms with E-state index in [4.69, 9.17) is 18.6 Å². The van der Waals surface area contributed by atoms with Crippen molar-refractivity contribution in [2.45, 2.75) is 43.9 Å². The monoisotopic (exact) mass is 532 g/mol. The lowest BCUT2D eigenvalue weighted by atomic mass is 9.67. The Morgan fingerprint density at radius 2 is 1.97 bits per heavy atom. The molecule has 0 radical (unpaired) electrons. The molecule has 8 heteroatoms. The molecule has 160 valence electrons. The summed E-state index contributed by atoms with van der Waals surface area (Å²) in [6, 6.07) is 12.7. The molecular weight excluding hydrogens is 510 g/mol. The van der Waals surface area contributed by atoms with Gasteiger partial charge in [0.15, 0.2) is 0 Å². The maximum absolute atomic E-state index is 13.8. The van der Waals surface area contributed by atoms with Gasteiger partial charge in [0.1, 0.15) is 34.9 Å². The smallest absolute Gasteiger partial charge is 0.220 e. The summed E-state index contributed by atoms with van der Waals surface area (Å²) in [4.78, 5) is 11.3. The second-order valence-corrected chi connectivity index (χ2v) is 9.14. The minimum absolute atomic E-state index is 0.0282. The van der Waals surface area contributed by atoms with Gasteiger partial charge in [0.2, 0.25) is 11.7 Å². The Labute approximate surface area is 194 Å². The zero-order valence-corrected chi connectivity index (χ0v) is 19.2. The van der Waals surface area contributed by atoms with Crippen LogP contribution in [0.25, 0.3) is 11.1 Å². The molecule has 0 aromatic heterocycles. The minimum Gasteiger partial charge on any atom is -0.368 e. The van der Waals surface area contributed by atoms with Crippen LogP contribution in [-0.4, -0.2) is 24.2 Å². The van der Waals surface area contributed by atoms with Crippen LogP contribution in [0.5, 0.6) is 0 Å². The van der Waals surface area contributed by atoms with Gasteiger partial charge in [-0.1, -0.05) is 18.2 Å². The average molecular weight is 532 g/mol. The van der Waals surface area contributed by atoms with Gasteiger partial charge in [-0.15, -0.1) is 0 Å². The van der Waals surface area contributed by atoms with E-state index >= 15 is 0 Å². The largest absolute Gasteiger partial charge is 0.368 e. The molecule has 2 aromatic carbocycles. The first-order valence-corrected chi connectivity index (χ1v) is 11.2. The second kappa shape index (κ2) is 7.43. The van der Waals surface area contributed by atoms with Crippen molar-refractivity contribution in [3.8, 4) is 17.2 Å². The van der Waals surface area contributed by atoms with Gasteiger partial charge in [-0.25, -0.2) is 19.3 Å². The summed E-state index contributed by atoms with van der Waals surface area (Å²) in [5, 5.41) is 10.8. The van der Waals surface area contributed by atoms with Crippen LogP contribution in [0.3, 0.4) is 0 Å². The van der Waals surface area contributed by atoms with Gasteiger partial charge in [0.25, 0.3) is 0 Å². The van der Waals surface area contributed by atoms with Gasteiger partial charge < -0.3 is 8.80 Å². The maximum atomic E-state index is 13.8. The van der Waals surface area contributed by atoms with Crippen LogP contribution in [0, 0.1) is 22.6 Å². The van der Waals surface area contributed by atoms with Gasteiger partial charge >= 0.3 is 0 Å². The molecule has 2 spiro atoms. The fraction of sp³-hybridized carbons (Fsp3) is 0.391. The van der Waals surface area contributed by atoms with Gasteiger partial charge in [-0.05, 0) is 67.0 Å². The lowest BCUT2D eigenvalue weighted by molar-refractivity contribution is -0.230. The van der Waals surface area contributed by atoms with Crippen molar-refractivity contribution in [1.29, 1.82) is 5.26 Å². The van der Waals surface area contributed by atoms with E-state index in [1.165, 1.54) is 11.6 Å². The van der Waals surface area contributed by atoms with E-state index in [0.29, 0.717) is 5.96 Å². The second-order valence-electron chi connectivity index (χ2n) is 8.63. The normalized spacial score (nSPS) is 29.3. The Balaban J connectivity index is 1.62. The van der Waals surface area contributed by atoms with Crippen LogP contribution < -0.4 is 5.73 Å². The maximum Gasteiger partial charge on any atom is 0.220 e. The highest BCUT2D eigenvalue weighted by atomic mass is 127. The molecule has 2 aromatic rings. The first-order valence-electron chi connectivity index (χ1n) is 10.3. The third kappa shape index (κ3) is 3.05. The number of guanidine groups is 1. The van der Waals surface area contributed by atoms with Crippen LogP contribution in [-0.2, 0) is 20.0 Å². The number of benzene rings is 2. The number of hydrogen-bond donors (Lipinski definition) is 1. The molecule has 0 amide bonds. The van der Waals surface area contributed by atoms with E-state index in [0.717, 1.165) is 48.8 Å². The molecule has 1 unspecified atom stereocenters. The fourth-order valence-electron chi connectivity index (χ4n) is 5.36. The number of nitrogens with two attached hydrogens (primary N) is 1. The first kappa shape index (κ1) is 20.7. The zero-order valence-electron chi connectivity index (χ0n) is 17.1. The number of halogens is 2. The highest BCUT2D eigenvalue weighted by Crippen LogP contribution is 2.62. The SMILES string of the molecule is CN1OC2(N=C1N)c1cc(-c3ccc(F)c(C#N)c3)ccc1CC21CCC(OI)CC1. The molecule has 1 heterocycles. The number of hydrogen-bond acceptors (Lipinski definition) is 6. The molecule has 2 aliphatic carbocycles. The van der Waals surface area contributed by atoms with E-state index in [2.05, 4.69) is 12.1 Å². The number of fused-ring (bicyclic) bond motifs is 3. The van der Waals surface area contributed by atoms with Crippen LogP contribution in [0.15, 0.2) is 41.4 Å². The summed E-state index contributed by atoms with van der Waals surface area (Å²) in [5.41, 5.74) is 8.98. The quantitative estimate of drug-likeness (QED) is 0.574. The predicted octanol–water partition coefficient (Wildman–Crippen LogP) is 4.56. The summed E-state index contributed by atoms with van der Waals surface area (Å²) in [5.74, 6) is -0.159. The summed E-state index contributed by atoms with van der Waals surface area (Å²) < 4.78 is 19.4. The fourth-order valence-corrected chi connectivity index (χ4v) is 5.87. The molecule has 1 atom stereocenters. The highest BCUT2D eigenvalue weighted by Gasteiger charge is 2.63. The van der Waals surface area contributed by atoms with Gasteiger partial charge in [0, 0.05) is 18.0 Å². The lowest BCUT2D eigenvalue weighted by Gasteiger charge is -2.44. The third-order valence-corrected chi connectivity index (χ3v) is 7.74. The van der Waals surface area contributed by atoms with Gasteiger partial charge in [-0.3, -0.25) is 0 Å². The number of hydroxylamine groups is 2. The summed E-state index contributed by atoms with van der Waals surface area (Å²) in [7, 11) is 1.78. The molecule has 1 saturated carbocycles. The molecule has 5 rings (SSSR count). The van der Waals surface area contributed by atoms with Crippen molar-refractivity contribution < 1.29 is 12.3 Å². The number of nitriles is 1. The molecule has 3 aliphatic rings. The first-order chi connectivity index (χ1) is 14.9. The van der Waals surface area contributed by atoms with E-state index in [-0.39, 0.29) is 17.1 Å². The molecule has 1 fully saturated rings. The molecule has 0 saturated heterocycles. The lowest BCUT2D eigenvalue weighted by Crippen LogP contribution is -2.46. The average Bonchev–Trinajstić information content (AvgIpc) is 3.22. The number of aliphatic imine (C=N–C) groups is 1. The predicted molar refractivity (Wildman–Crippen MR) is 122 cm³/mol. The van der Waals surface area contributed by atoms with Crippen molar-refractivity contribution in [2.24, 2.45) is 16.1 Å². The van der Waals surface area contributed by atoms with Gasteiger partial charge in [-0.2, -0.15) is 5.26 Å². The van der Waals surface area contributed by atoms with Gasteiger partial charge in [0.05, 0.1) is 11.7 Å². The van der Waals surface area contributed by atoms with Crippen molar-refractivity contribution in [2.75, 3.05) is 7.05 Å². The molecule has 0 bridgehead atoms. The number of nitrogens with zero attached hydrogens (tertiary/aromatic N) is 3. The Kier molecular flexibility index (Phi) is 4.95. The minimum atomic E-state index is -0.883. The van der Waals surface area contributed by atoms with E-state index < -0.39 is 11.5 Å². The molecule has 2 N–H and O–H groups in total. The topological polar surface area (TPSA) is 83.9 Å². The summed E-state index contributed by atoms with van der Waals surface area (Å²) >= 11 is 1.99. The van der Waals surface area contributed by atoms with Crippen LogP contribution in [0.4, 0.5) is 4.39 Å². The molecule has 6 nitrogen and oxygen atoms in total. The standard InChI is InChI=1S/C23H22FIN4O2/c1-29-21(27)28-23(31-29)19-11-15(14-4-5-20(24)17(10-14)13-26)2-3-16(19)12-22(23)8-6-18(30-25)7-9-22/h2-5,10-11,18H,6-9,12H2,1H3,(H2,27,28). The summed E-state index contributed by atoms with van der Waals surface area (Å²) in [6.45, 7) is 0. The van der Waals surface area contributed by atoms with E-state index in [9.17, 15) is 9.65 Å². The van der Waals surface area contributed by atoms with Crippen LogP contribution >= 0.6 is 23.0 Å². The Morgan fingerprint density at radius 3 is 2.61 bits per heavy atom. The van der Waals surface area contributed by atoms with Crippen molar-refractivity contribution in [3.05, 3.63) is 58.9 Å². The molecule has 1 aliphatic heterocycles. The molecule has 31 heavy (non-hydrogen) atoms. The zero-order chi connectivity index (χ0) is 21.8. The van der Waals surface area contributed by atoms with E-state index in [1.807, 2.05) is 35.1 Å². The van der Waals surface area contributed by atoms with E-state index in [1.54, 1.807) is 24.2 Å². The van der Waals surface area contributed by atoms with Crippen LogP contribution in [0.2, 0.25) is 0 Å². The van der Waals surface area contributed by atoms with Crippen LogP contribution in [0.1, 0.15) is 42.4 Å². The van der Waals surface area contributed by atoms with Crippen molar-refractivity contribution in [1.82, 2.24) is 5.06 Å². The number of rotatable bonds is 2. The Hall–Kier alpha value is -2.22. The van der Waals surface area contributed by atoms with Crippen molar-refractivity contribution >= 4 is 29.0 Å².